The fourth-order valence-electron chi connectivity index (χ4n) is 1.96. The molecule has 0 saturated carbocycles. The molecule has 2 aromatic carbocycles. The van der Waals surface area contributed by atoms with Gasteiger partial charge in [-0.15, -0.1) is 0 Å². The molecule has 0 radical (unpaired) electrons. The summed E-state index contributed by atoms with van der Waals surface area (Å²) in [4.78, 5) is 23.3. The van der Waals surface area contributed by atoms with Crippen LogP contribution in [0.3, 0.4) is 0 Å². The maximum atomic E-state index is 12.0. The van der Waals surface area contributed by atoms with Crippen molar-refractivity contribution in [1.82, 2.24) is 0 Å². The highest BCUT2D eigenvalue weighted by molar-refractivity contribution is 6.30. The van der Waals surface area contributed by atoms with Gasteiger partial charge in [0.1, 0.15) is 5.75 Å². The smallest absolute Gasteiger partial charge is 0.228 e. The zero-order chi connectivity index (χ0) is 15.4. The van der Waals surface area contributed by atoms with Crippen LogP contribution in [-0.2, 0) is 11.2 Å². The van der Waals surface area contributed by atoms with E-state index in [1.165, 1.54) is 19.1 Å². The van der Waals surface area contributed by atoms with E-state index in [9.17, 15) is 14.7 Å². The average Bonchev–Trinajstić information content (AvgIpc) is 2.40. The van der Waals surface area contributed by atoms with E-state index in [1.54, 1.807) is 30.3 Å². The molecular weight excluding hydrogens is 290 g/mol. The second kappa shape index (κ2) is 6.41. The maximum absolute atomic E-state index is 12.0. The number of phenolic OH excluding ortho intramolecular Hbond substituents is 1. The highest BCUT2D eigenvalue weighted by atomic mass is 35.5. The first-order valence-electron chi connectivity index (χ1n) is 6.34. The molecule has 0 heterocycles. The number of halogens is 1. The third kappa shape index (κ3) is 3.83. The molecule has 108 valence electrons. The second-order valence-corrected chi connectivity index (χ2v) is 5.05. The normalized spacial score (nSPS) is 10.2. The third-order valence-corrected chi connectivity index (χ3v) is 3.18. The van der Waals surface area contributed by atoms with Crippen LogP contribution in [0.25, 0.3) is 0 Å². The number of anilines is 1. The van der Waals surface area contributed by atoms with Gasteiger partial charge in [-0.3, -0.25) is 9.59 Å². The number of hydrogen-bond donors (Lipinski definition) is 2. The van der Waals surface area contributed by atoms with Crippen molar-refractivity contribution in [2.75, 3.05) is 5.32 Å². The quantitative estimate of drug-likeness (QED) is 0.672. The molecule has 0 aliphatic carbocycles. The van der Waals surface area contributed by atoms with Gasteiger partial charge in [0.2, 0.25) is 5.91 Å². The van der Waals surface area contributed by atoms with E-state index in [4.69, 9.17) is 11.6 Å². The number of carbonyl (C=O) groups excluding carboxylic acids is 2. The predicted octanol–water partition coefficient (Wildman–Crippen LogP) is 3.43. The molecular formula is C16H14ClNO3. The number of para-hydroxylation sites is 1. The summed E-state index contributed by atoms with van der Waals surface area (Å²) in [7, 11) is 0. The van der Waals surface area contributed by atoms with Crippen LogP contribution in [0.5, 0.6) is 5.75 Å². The van der Waals surface area contributed by atoms with Gasteiger partial charge >= 0.3 is 0 Å². The number of carbonyl (C=O) groups is 2. The molecule has 5 heteroatoms. The highest BCUT2D eigenvalue weighted by Crippen LogP contribution is 2.27. The van der Waals surface area contributed by atoms with Crippen molar-refractivity contribution in [1.29, 1.82) is 0 Å². The molecule has 0 aliphatic heterocycles. The van der Waals surface area contributed by atoms with Crippen LogP contribution >= 0.6 is 11.6 Å². The molecule has 0 atom stereocenters. The van der Waals surface area contributed by atoms with Crippen molar-refractivity contribution < 1.29 is 14.7 Å². The first-order valence-corrected chi connectivity index (χ1v) is 6.72. The zero-order valence-corrected chi connectivity index (χ0v) is 12.1. The standard InChI is InChI=1S/C16H14ClNO3/c1-10(19)13-6-3-7-14(16(13)21)18-15(20)9-11-4-2-5-12(17)8-11/h2-8,21H,9H2,1H3,(H,18,20). The average molecular weight is 304 g/mol. The summed E-state index contributed by atoms with van der Waals surface area (Å²) in [5.74, 6) is -0.781. The van der Waals surface area contributed by atoms with Gasteiger partial charge in [0.25, 0.3) is 0 Å². The number of ketones is 1. The van der Waals surface area contributed by atoms with Gasteiger partial charge in [-0.1, -0.05) is 29.8 Å². The number of aromatic hydroxyl groups is 1. The fraction of sp³-hybridized carbons (Fsp3) is 0.125. The molecule has 0 unspecified atom stereocenters. The highest BCUT2D eigenvalue weighted by Gasteiger charge is 2.13. The lowest BCUT2D eigenvalue weighted by Crippen LogP contribution is -2.15. The van der Waals surface area contributed by atoms with Crippen molar-refractivity contribution in [3.05, 3.63) is 58.6 Å². The number of Topliss-reactive ketones (excluding diaryl/α,β-unsaturated/α-hetero) is 1. The molecule has 0 saturated heterocycles. The SMILES string of the molecule is CC(=O)c1cccc(NC(=O)Cc2cccc(Cl)c2)c1O. The Morgan fingerprint density at radius 1 is 1.19 bits per heavy atom. The lowest BCUT2D eigenvalue weighted by atomic mass is 10.1. The minimum absolute atomic E-state index is 0.129. The number of phenols is 1. The Bertz CT molecular complexity index is 698. The number of nitrogens with one attached hydrogen (secondary N) is 1. The van der Waals surface area contributed by atoms with E-state index < -0.39 is 0 Å². The molecule has 2 rings (SSSR count). The topological polar surface area (TPSA) is 66.4 Å². The Kier molecular flexibility index (Phi) is 4.60. The lowest BCUT2D eigenvalue weighted by Gasteiger charge is -2.09. The van der Waals surface area contributed by atoms with Crippen LogP contribution < -0.4 is 5.32 Å². The summed E-state index contributed by atoms with van der Waals surface area (Å²) in [5.41, 5.74) is 1.16. The van der Waals surface area contributed by atoms with Crippen LogP contribution in [0.2, 0.25) is 5.02 Å². The minimum atomic E-state index is -0.298. The molecule has 0 bridgehead atoms. The Balaban J connectivity index is 2.13. The van der Waals surface area contributed by atoms with Crippen molar-refractivity contribution in [2.45, 2.75) is 13.3 Å². The Hall–Kier alpha value is -2.33. The third-order valence-electron chi connectivity index (χ3n) is 2.94. The van der Waals surface area contributed by atoms with Crippen molar-refractivity contribution >= 4 is 29.0 Å². The van der Waals surface area contributed by atoms with Crippen molar-refractivity contribution in [2.24, 2.45) is 0 Å². The second-order valence-electron chi connectivity index (χ2n) is 4.61. The summed E-state index contributed by atoms with van der Waals surface area (Å²) in [6.45, 7) is 1.35. The van der Waals surface area contributed by atoms with E-state index in [1.807, 2.05) is 0 Å². The van der Waals surface area contributed by atoms with E-state index in [0.717, 1.165) is 5.56 Å². The molecule has 0 aromatic heterocycles. The van der Waals surface area contributed by atoms with Crippen molar-refractivity contribution in [3.8, 4) is 5.75 Å². The first kappa shape index (κ1) is 15.1. The van der Waals surface area contributed by atoms with E-state index >= 15 is 0 Å². The van der Waals surface area contributed by atoms with Crippen LogP contribution in [0.4, 0.5) is 5.69 Å². The van der Waals surface area contributed by atoms with Crippen molar-refractivity contribution in [3.63, 3.8) is 0 Å². The molecule has 2 N–H and O–H groups in total. The Morgan fingerprint density at radius 3 is 2.57 bits per heavy atom. The fourth-order valence-corrected chi connectivity index (χ4v) is 2.17. The van der Waals surface area contributed by atoms with Crippen LogP contribution in [0.1, 0.15) is 22.8 Å². The van der Waals surface area contributed by atoms with Crippen LogP contribution in [-0.4, -0.2) is 16.8 Å². The first-order chi connectivity index (χ1) is 9.97. The molecule has 21 heavy (non-hydrogen) atoms. The van der Waals surface area contributed by atoms with E-state index in [2.05, 4.69) is 5.32 Å². The monoisotopic (exact) mass is 303 g/mol. The molecule has 0 aliphatic rings. The number of rotatable bonds is 4. The predicted molar refractivity (Wildman–Crippen MR) is 81.9 cm³/mol. The van der Waals surface area contributed by atoms with E-state index in [-0.39, 0.29) is 35.1 Å². The van der Waals surface area contributed by atoms with Gasteiger partial charge in [0.15, 0.2) is 5.78 Å². The molecule has 2 aromatic rings. The Morgan fingerprint density at radius 2 is 1.90 bits per heavy atom. The summed E-state index contributed by atoms with van der Waals surface area (Å²) < 4.78 is 0. The number of hydrogen-bond acceptors (Lipinski definition) is 3. The van der Waals surface area contributed by atoms with Gasteiger partial charge in [-0.05, 0) is 36.8 Å². The number of amides is 1. The molecule has 1 amide bonds. The van der Waals surface area contributed by atoms with E-state index in [0.29, 0.717) is 5.02 Å². The summed E-state index contributed by atoms with van der Waals surface area (Å²) >= 11 is 5.86. The van der Waals surface area contributed by atoms with Gasteiger partial charge in [0, 0.05) is 5.02 Å². The van der Waals surface area contributed by atoms with Gasteiger partial charge < -0.3 is 10.4 Å². The molecule has 0 spiro atoms. The van der Waals surface area contributed by atoms with Gasteiger partial charge in [0.05, 0.1) is 17.7 Å². The van der Waals surface area contributed by atoms with Crippen LogP contribution in [0, 0.1) is 0 Å². The summed E-state index contributed by atoms with van der Waals surface area (Å²) in [6.07, 6.45) is 0.129. The van der Waals surface area contributed by atoms with Gasteiger partial charge in [-0.2, -0.15) is 0 Å². The summed E-state index contributed by atoms with van der Waals surface area (Å²) in [5, 5.41) is 13.1. The van der Waals surface area contributed by atoms with Gasteiger partial charge in [-0.25, -0.2) is 0 Å². The Labute approximate surface area is 127 Å². The number of benzene rings is 2. The summed E-state index contributed by atoms with van der Waals surface area (Å²) in [6, 6.07) is 11.6. The maximum Gasteiger partial charge on any atom is 0.228 e. The molecule has 4 nitrogen and oxygen atoms in total. The minimum Gasteiger partial charge on any atom is -0.505 e. The lowest BCUT2D eigenvalue weighted by molar-refractivity contribution is -0.115. The molecule has 0 fully saturated rings. The largest absolute Gasteiger partial charge is 0.505 e. The zero-order valence-electron chi connectivity index (χ0n) is 11.4. The van der Waals surface area contributed by atoms with Crippen LogP contribution in [0.15, 0.2) is 42.5 Å².